The lowest BCUT2D eigenvalue weighted by Gasteiger charge is -2.18. The summed E-state index contributed by atoms with van der Waals surface area (Å²) in [5, 5.41) is 7.85. The Kier molecular flexibility index (Phi) is 10.6. The van der Waals surface area contributed by atoms with Gasteiger partial charge in [-0.3, -0.25) is 4.99 Å². The van der Waals surface area contributed by atoms with Crippen molar-refractivity contribution in [1.29, 1.82) is 0 Å². The molecule has 22 heavy (non-hydrogen) atoms. The van der Waals surface area contributed by atoms with Crippen LogP contribution in [0.15, 0.2) is 16.6 Å². The Labute approximate surface area is 156 Å². The van der Waals surface area contributed by atoms with Crippen molar-refractivity contribution in [2.45, 2.75) is 50.3 Å². The lowest BCUT2D eigenvalue weighted by molar-refractivity contribution is 0.153. The third-order valence-corrected chi connectivity index (χ3v) is 5.38. The minimum atomic E-state index is 0. The molecule has 2 unspecified atom stereocenters. The van der Waals surface area contributed by atoms with Crippen LogP contribution >= 0.6 is 35.7 Å². The highest BCUT2D eigenvalue weighted by molar-refractivity contribution is 14.0. The topological polar surface area (TPSA) is 45.7 Å². The van der Waals surface area contributed by atoms with E-state index in [2.05, 4.69) is 40.4 Å². The van der Waals surface area contributed by atoms with Gasteiger partial charge in [-0.05, 0) is 37.9 Å². The molecule has 2 aliphatic rings. The summed E-state index contributed by atoms with van der Waals surface area (Å²) in [6.45, 7) is 4.85. The zero-order valence-electron chi connectivity index (χ0n) is 13.8. The van der Waals surface area contributed by atoms with Crippen molar-refractivity contribution in [3.8, 4) is 0 Å². The van der Waals surface area contributed by atoms with E-state index < -0.39 is 0 Å². The minimum absolute atomic E-state index is 0. The summed E-state index contributed by atoms with van der Waals surface area (Å²) in [7, 11) is 1.86. The molecule has 128 valence electrons. The van der Waals surface area contributed by atoms with Gasteiger partial charge in [-0.25, -0.2) is 0 Å². The van der Waals surface area contributed by atoms with Gasteiger partial charge in [-0.2, -0.15) is 11.8 Å². The SMILES string of the molecule is CCSC1CCC(NC(=NC)NCCC2=CCOCC2)C1.I. The molecule has 0 aromatic heterocycles. The number of nitrogens with zero attached hydrogens (tertiary/aromatic N) is 1. The smallest absolute Gasteiger partial charge is 0.191 e. The molecule has 1 heterocycles. The van der Waals surface area contributed by atoms with E-state index in [1.54, 1.807) is 0 Å². The van der Waals surface area contributed by atoms with Crippen molar-refractivity contribution in [2.75, 3.05) is 32.6 Å². The molecule has 0 aromatic rings. The average Bonchev–Trinajstić information content (AvgIpc) is 2.95. The number of ether oxygens (including phenoxy) is 1. The first-order chi connectivity index (χ1) is 10.3. The summed E-state index contributed by atoms with van der Waals surface area (Å²) in [5.74, 6) is 2.18. The molecule has 0 bridgehead atoms. The van der Waals surface area contributed by atoms with Crippen LogP contribution < -0.4 is 10.6 Å². The first kappa shape index (κ1) is 20.1. The Morgan fingerprint density at radius 2 is 2.32 bits per heavy atom. The van der Waals surface area contributed by atoms with Crippen LogP contribution in [-0.2, 0) is 4.74 Å². The van der Waals surface area contributed by atoms with Gasteiger partial charge in [0, 0.05) is 24.9 Å². The van der Waals surface area contributed by atoms with E-state index in [1.165, 1.54) is 30.6 Å². The second-order valence-corrected chi connectivity index (χ2v) is 7.25. The summed E-state index contributed by atoms with van der Waals surface area (Å²) in [6, 6.07) is 0.586. The number of thioether (sulfide) groups is 1. The molecule has 1 aliphatic carbocycles. The van der Waals surface area contributed by atoms with Gasteiger partial charge < -0.3 is 15.4 Å². The van der Waals surface area contributed by atoms with Gasteiger partial charge in [0.15, 0.2) is 5.96 Å². The summed E-state index contributed by atoms with van der Waals surface area (Å²) in [4.78, 5) is 4.35. The molecule has 2 atom stereocenters. The van der Waals surface area contributed by atoms with Gasteiger partial charge in [0.25, 0.3) is 0 Å². The Bertz CT molecular complexity index is 376. The van der Waals surface area contributed by atoms with Crippen LogP contribution in [0.3, 0.4) is 0 Å². The van der Waals surface area contributed by atoms with Gasteiger partial charge in [-0.1, -0.05) is 18.6 Å². The third-order valence-electron chi connectivity index (χ3n) is 4.15. The van der Waals surface area contributed by atoms with E-state index in [0.29, 0.717) is 6.04 Å². The van der Waals surface area contributed by atoms with Crippen molar-refractivity contribution < 1.29 is 4.74 Å². The van der Waals surface area contributed by atoms with Crippen molar-refractivity contribution in [3.05, 3.63) is 11.6 Å². The van der Waals surface area contributed by atoms with Gasteiger partial charge in [0.1, 0.15) is 0 Å². The largest absolute Gasteiger partial charge is 0.377 e. The Balaban J connectivity index is 0.00000242. The predicted octanol–water partition coefficient (Wildman–Crippen LogP) is 3.18. The van der Waals surface area contributed by atoms with Gasteiger partial charge in [0.2, 0.25) is 0 Å². The fraction of sp³-hybridized carbons (Fsp3) is 0.812. The highest BCUT2D eigenvalue weighted by atomic mass is 127. The molecule has 0 aromatic carbocycles. The molecule has 6 heteroatoms. The Morgan fingerprint density at radius 1 is 1.45 bits per heavy atom. The number of nitrogens with one attached hydrogen (secondary N) is 2. The second-order valence-electron chi connectivity index (χ2n) is 5.67. The quantitative estimate of drug-likeness (QED) is 0.289. The van der Waals surface area contributed by atoms with Gasteiger partial charge >= 0.3 is 0 Å². The maximum atomic E-state index is 5.33. The number of halogens is 1. The predicted molar refractivity (Wildman–Crippen MR) is 108 cm³/mol. The van der Waals surface area contributed by atoms with Crippen molar-refractivity contribution in [2.24, 2.45) is 4.99 Å². The standard InChI is InChI=1S/C16H29N3OS.HI/c1-3-21-15-5-4-14(12-15)19-16(17-2)18-9-6-13-7-10-20-11-8-13;/h7,14-15H,3-6,8-12H2,1-2H3,(H2,17,18,19);1H. The minimum Gasteiger partial charge on any atom is -0.377 e. The van der Waals surface area contributed by atoms with E-state index in [1.807, 2.05) is 7.05 Å². The molecular formula is C16H30IN3OS. The fourth-order valence-electron chi connectivity index (χ4n) is 2.98. The van der Waals surface area contributed by atoms with Crippen molar-refractivity contribution >= 4 is 41.7 Å². The monoisotopic (exact) mass is 439 g/mol. The number of hydrogen-bond acceptors (Lipinski definition) is 3. The number of rotatable bonds is 6. The molecule has 2 rings (SSSR count). The lowest BCUT2D eigenvalue weighted by Crippen LogP contribution is -2.43. The molecule has 0 spiro atoms. The molecule has 0 radical (unpaired) electrons. The zero-order chi connectivity index (χ0) is 14.9. The zero-order valence-corrected chi connectivity index (χ0v) is 16.9. The second kappa shape index (κ2) is 11.6. The first-order valence-electron chi connectivity index (χ1n) is 8.16. The van der Waals surface area contributed by atoms with Crippen molar-refractivity contribution in [1.82, 2.24) is 10.6 Å². The van der Waals surface area contributed by atoms with Crippen LogP contribution in [0.5, 0.6) is 0 Å². The summed E-state index contributed by atoms with van der Waals surface area (Å²) < 4.78 is 5.33. The maximum Gasteiger partial charge on any atom is 0.191 e. The van der Waals surface area contributed by atoms with E-state index in [-0.39, 0.29) is 24.0 Å². The highest BCUT2D eigenvalue weighted by Crippen LogP contribution is 2.29. The number of aliphatic imine (C=N–C) groups is 1. The van der Waals surface area contributed by atoms with E-state index in [4.69, 9.17) is 4.74 Å². The van der Waals surface area contributed by atoms with E-state index >= 15 is 0 Å². The first-order valence-corrected chi connectivity index (χ1v) is 9.21. The van der Waals surface area contributed by atoms with Crippen LogP contribution in [0.25, 0.3) is 0 Å². The van der Waals surface area contributed by atoms with Crippen LogP contribution in [0, 0.1) is 0 Å². The van der Waals surface area contributed by atoms with Crippen LogP contribution in [-0.4, -0.2) is 49.8 Å². The molecule has 0 amide bonds. The molecule has 2 N–H and O–H groups in total. The molecule has 4 nitrogen and oxygen atoms in total. The fourth-order valence-corrected chi connectivity index (χ4v) is 4.12. The Morgan fingerprint density at radius 3 is 3.00 bits per heavy atom. The number of hydrogen-bond donors (Lipinski definition) is 2. The highest BCUT2D eigenvalue weighted by Gasteiger charge is 2.24. The molecule has 1 fully saturated rings. The van der Waals surface area contributed by atoms with E-state index in [9.17, 15) is 0 Å². The summed E-state index contributed by atoms with van der Waals surface area (Å²) in [5.41, 5.74) is 1.50. The van der Waals surface area contributed by atoms with Crippen LogP contribution in [0.4, 0.5) is 0 Å². The third kappa shape index (κ3) is 7.08. The molecular weight excluding hydrogens is 409 g/mol. The molecule has 1 aliphatic heterocycles. The van der Waals surface area contributed by atoms with Crippen LogP contribution in [0.1, 0.15) is 39.0 Å². The number of guanidine groups is 1. The summed E-state index contributed by atoms with van der Waals surface area (Å²) in [6.07, 6.45) is 8.24. The maximum absolute atomic E-state index is 5.33. The van der Waals surface area contributed by atoms with Crippen molar-refractivity contribution in [3.63, 3.8) is 0 Å². The lowest BCUT2D eigenvalue weighted by atomic mass is 10.1. The average molecular weight is 439 g/mol. The van der Waals surface area contributed by atoms with Gasteiger partial charge in [-0.15, -0.1) is 24.0 Å². The summed E-state index contributed by atoms with van der Waals surface area (Å²) >= 11 is 2.09. The molecule has 0 saturated heterocycles. The molecule has 1 saturated carbocycles. The van der Waals surface area contributed by atoms with E-state index in [0.717, 1.165) is 43.8 Å². The van der Waals surface area contributed by atoms with Gasteiger partial charge in [0.05, 0.1) is 13.2 Å². The Hall–Kier alpha value is 0.0500. The normalized spacial score (nSPS) is 25.4. The van der Waals surface area contributed by atoms with Crippen LogP contribution in [0.2, 0.25) is 0 Å².